The lowest BCUT2D eigenvalue weighted by molar-refractivity contribution is -0.143. The summed E-state index contributed by atoms with van der Waals surface area (Å²) < 4.78 is 4.89. The number of aliphatic carboxylic acids is 1. The molecule has 5 nitrogen and oxygen atoms in total. The monoisotopic (exact) mass is 204 g/mol. The van der Waals surface area contributed by atoms with E-state index in [0.717, 1.165) is 6.42 Å². The number of carboxylic acid groups (broad SMARTS) is 1. The van der Waals surface area contributed by atoms with Crippen LogP contribution in [0.4, 0.5) is 0 Å². The van der Waals surface area contributed by atoms with Crippen molar-refractivity contribution in [1.82, 2.24) is 4.90 Å². The van der Waals surface area contributed by atoms with E-state index in [2.05, 4.69) is 0 Å². The van der Waals surface area contributed by atoms with Gasteiger partial charge in [-0.1, -0.05) is 0 Å². The van der Waals surface area contributed by atoms with Crippen LogP contribution in [-0.4, -0.2) is 55.9 Å². The average molecular weight is 204 g/mol. The Morgan fingerprint density at radius 3 is 2.71 bits per heavy atom. The highest BCUT2D eigenvalue weighted by atomic mass is 16.5. The van der Waals surface area contributed by atoms with Crippen LogP contribution in [0.3, 0.4) is 0 Å². The molecule has 0 spiro atoms. The Labute approximate surface area is 84.8 Å². The van der Waals surface area contributed by atoms with Crippen molar-refractivity contribution in [3.8, 4) is 0 Å². The average Bonchev–Trinajstić information content (AvgIpc) is 2.13. The Hall–Kier alpha value is -0.650. The first-order valence-corrected chi connectivity index (χ1v) is 4.75. The first kappa shape index (κ1) is 13.4. The summed E-state index contributed by atoms with van der Waals surface area (Å²) in [7, 11) is 3.43. The number of nitrogens with two attached hydrogens (primary N) is 1. The lowest BCUT2D eigenvalue weighted by Gasteiger charge is -2.23. The van der Waals surface area contributed by atoms with Gasteiger partial charge in [-0.2, -0.15) is 0 Å². The second-order valence-electron chi connectivity index (χ2n) is 3.26. The van der Waals surface area contributed by atoms with E-state index in [0.29, 0.717) is 26.1 Å². The molecule has 5 heteroatoms. The van der Waals surface area contributed by atoms with Crippen LogP contribution in [0.5, 0.6) is 0 Å². The summed E-state index contributed by atoms with van der Waals surface area (Å²) in [6.07, 6.45) is 1.32. The molecule has 3 N–H and O–H groups in total. The maximum absolute atomic E-state index is 10.8. The van der Waals surface area contributed by atoms with Crippen molar-refractivity contribution in [1.29, 1.82) is 0 Å². The maximum Gasteiger partial charge on any atom is 0.320 e. The summed E-state index contributed by atoms with van der Waals surface area (Å²) in [4.78, 5) is 12.6. The van der Waals surface area contributed by atoms with Crippen molar-refractivity contribution < 1.29 is 14.6 Å². The third kappa shape index (κ3) is 5.16. The van der Waals surface area contributed by atoms with Crippen LogP contribution in [0.2, 0.25) is 0 Å². The van der Waals surface area contributed by atoms with E-state index in [1.54, 1.807) is 19.1 Å². The molecule has 0 saturated heterocycles. The predicted molar refractivity (Wildman–Crippen MR) is 54.2 cm³/mol. The van der Waals surface area contributed by atoms with Gasteiger partial charge in [0, 0.05) is 20.3 Å². The molecule has 0 fully saturated rings. The first-order chi connectivity index (χ1) is 6.63. The summed E-state index contributed by atoms with van der Waals surface area (Å²) in [5.74, 6) is -0.810. The fourth-order valence-electron chi connectivity index (χ4n) is 1.30. The van der Waals surface area contributed by atoms with Gasteiger partial charge in [-0.3, -0.25) is 9.69 Å². The molecule has 1 unspecified atom stereocenters. The van der Waals surface area contributed by atoms with Gasteiger partial charge in [0.2, 0.25) is 0 Å². The molecule has 0 rings (SSSR count). The Balaban J connectivity index is 3.88. The SMILES string of the molecule is COCCCN(C)C(CCN)C(=O)O. The van der Waals surface area contributed by atoms with Gasteiger partial charge in [0.05, 0.1) is 0 Å². The molecule has 1 atom stereocenters. The number of carbonyl (C=O) groups is 1. The van der Waals surface area contributed by atoms with E-state index in [1.165, 1.54) is 0 Å². The maximum atomic E-state index is 10.8. The molecule has 0 bridgehead atoms. The molecule has 0 aliphatic carbocycles. The molecule has 0 radical (unpaired) electrons. The lowest BCUT2D eigenvalue weighted by atomic mass is 10.2. The molecule has 14 heavy (non-hydrogen) atoms. The minimum atomic E-state index is -0.810. The number of hydrogen-bond donors (Lipinski definition) is 2. The molecule has 0 heterocycles. The normalized spacial score (nSPS) is 13.1. The Bertz CT molecular complexity index is 164. The highest BCUT2D eigenvalue weighted by molar-refractivity contribution is 5.73. The molecule has 0 aliphatic heterocycles. The van der Waals surface area contributed by atoms with Crippen molar-refractivity contribution >= 4 is 5.97 Å². The van der Waals surface area contributed by atoms with Crippen LogP contribution < -0.4 is 5.73 Å². The summed E-state index contributed by atoms with van der Waals surface area (Å²) in [5.41, 5.74) is 5.35. The van der Waals surface area contributed by atoms with Gasteiger partial charge in [0.15, 0.2) is 0 Å². The van der Waals surface area contributed by atoms with Gasteiger partial charge in [-0.15, -0.1) is 0 Å². The van der Waals surface area contributed by atoms with E-state index in [-0.39, 0.29) is 0 Å². The van der Waals surface area contributed by atoms with E-state index >= 15 is 0 Å². The van der Waals surface area contributed by atoms with Gasteiger partial charge < -0.3 is 15.6 Å². The van der Waals surface area contributed by atoms with Crippen LogP contribution >= 0.6 is 0 Å². The van der Waals surface area contributed by atoms with Gasteiger partial charge in [-0.25, -0.2) is 0 Å². The standard InChI is InChI=1S/C9H20N2O3/c1-11(6-3-7-14-2)8(4-5-10)9(12)13/h8H,3-7,10H2,1-2H3,(H,12,13). The Morgan fingerprint density at radius 2 is 2.29 bits per heavy atom. The first-order valence-electron chi connectivity index (χ1n) is 4.75. The second-order valence-corrected chi connectivity index (χ2v) is 3.26. The number of methoxy groups -OCH3 is 1. The van der Waals surface area contributed by atoms with Crippen molar-refractivity contribution in [2.75, 3.05) is 33.9 Å². The third-order valence-corrected chi connectivity index (χ3v) is 2.12. The summed E-state index contributed by atoms with van der Waals surface area (Å²) in [6, 6.07) is -0.475. The third-order valence-electron chi connectivity index (χ3n) is 2.12. The smallest absolute Gasteiger partial charge is 0.320 e. The van der Waals surface area contributed by atoms with Gasteiger partial charge in [-0.05, 0) is 26.4 Å². The van der Waals surface area contributed by atoms with Crippen LogP contribution in [-0.2, 0) is 9.53 Å². The molecule has 0 aromatic rings. The zero-order valence-corrected chi connectivity index (χ0v) is 8.90. The van der Waals surface area contributed by atoms with E-state index < -0.39 is 12.0 Å². The van der Waals surface area contributed by atoms with E-state index in [9.17, 15) is 4.79 Å². The summed E-state index contributed by atoms with van der Waals surface area (Å²) >= 11 is 0. The number of rotatable bonds is 8. The molecular weight excluding hydrogens is 184 g/mol. The van der Waals surface area contributed by atoms with Crippen molar-refractivity contribution in [2.45, 2.75) is 18.9 Å². The topological polar surface area (TPSA) is 75.8 Å². The number of ether oxygens (including phenoxy) is 1. The fourth-order valence-corrected chi connectivity index (χ4v) is 1.30. The van der Waals surface area contributed by atoms with Crippen LogP contribution in [0.15, 0.2) is 0 Å². The van der Waals surface area contributed by atoms with Crippen molar-refractivity contribution in [3.05, 3.63) is 0 Å². The highest BCUT2D eigenvalue weighted by Crippen LogP contribution is 2.02. The van der Waals surface area contributed by atoms with E-state index in [4.69, 9.17) is 15.6 Å². The van der Waals surface area contributed by atoms with Crippen molar-refractivity contribution in [3.63, 3.8) is 0 Å². The largest absolute Gasteiger partial charge is 0.480 e. The Morgan fingerprint density at radius 1 is 1.64 bits per heavy atom. The second kappa shape index (κ2) is 7.73. The van der Waals surface area contributed by atoms with E-state index in [1.807, 2.05) is 0 Å². The van der Waals surface area contributed by atoms with Crippen LogP contribution in [0.25, 0.3) is 0 Å². The Kier molecular flexibility index (Phi) is 7.37. The number of hydrogen-bond acceptors (Lipinski definition) is 4. The molecule has 0 aliphatic rings. The zero-order chi connectivity index (χ0) is 11.0. The molecule has 0 saturated carbocycles. The number of carboxylic acids is 1. The summed E-state index contributed by atoms with van der Waals surface area (Å²) in [6.45, 7) is 1.76. The quantitative estimate of drug-likeness (QED) is 0.533. The zero-order valence-electron chi connectivity index (χ0n) is 8.90. The predicted octanol–water partition coefficient (Wildman–Crippen LogP) is -0.243. The number of likely N-dealkylation sites (N-methyl/N-ethyl adjacent to an activating group) is 1. The molecule has 0 aromatic carbocycles. The minimum Gasteiger partial charge on any atom is -0.480 e. The van der Waals surface area contributed by atoms with Crippen molar-refractivity contribution in [2.24, 2.45) is 5.73 Å². The lowest BCUT2D eigenvalue weighted by Crippen LogP contribution is -2.40. The molecule has 0 amide bonds. The highest BCUT2D eigenvalue weighted by Gasteiger charge is 2.20. The molecular formula is C9H20N2O3. The van der Waals surface area contributed by atoms with Gasteiger partial charge in [0.1, 0.15) is 6.04 Å². The molecule has 0 aromatic heterocycles. The minimum absolute atomic E-state index is 0.394. The summed E-state index contributed by atoms with van der Waals surface area (Å²) in [5, 5.41) is 8.90. The van der Waals surface area contributed by atoms with Crippen LogP contribution in [0, 0.1) is 0 Å². The van der Waals surface area contributed by atoms with Crippen LogP contribution in [0.1, 0.15) is 12.8 Å². The van der Waals surface area contributed by atoms with Gasteiger partial charge >= 0.3 is 5.97 Å². The number of nitrogens with zero attached hydrogens (tertiary/aromatic N) is 1. The van der Waals surface area contributed by atoms with Gasteiger partial charge in [0.25, 0.3) is 0 Å². The molecule has 84 valence electrons. The fraction of sp³-hybridized carbons (Fsp3) is 0.889.